The lowest BCUT2D eigenvalue weighted by Crippen LogP contribution is -2.37. The topological polar surface area (TPSA) is 69.6 Å². The van der Waals surface area contributed by atoms with Gasteiger partial charge in [-0.15, -0.1) is 6.58 Å². The summed E-state index contributed by atoms with van der Waals surface area (Å²) in [4.78, 5) is 24.8. The number of carbonyl (C=O) groups is 2. The van der Waals surface area contributed by atoms with Crippen LogP contribution in [0.1, 0.15) is 28.8 Å². The van der Waals surface area contributed by atoms with Gasteiger partial charge < -0.3 is 15.3 Å². The number of aryl methyl sites for hydroxylation is 1. The summed E-state index contributed by atoms with van der Waals surface area (Å²) in [5.41, 5.74) is 1.58. The monoisotopic (exact) mass is 274 g/mol. The molecule has 0 unspecified atom stereocenters. The number of aromatic carboxylic acids is 1. The van der Waals surface area contributed by atoms with Gasteiger partial charge in [-0.3, -0.25) is 0 Å². The maximum Gasteiger partial charge on any atom is 0.335 e. The SMILES string of the molecule is C=CCN(C(=O)Nc1ccc(C(=O)O)cc1C)C1CC1. The lowest BCUT2D eigenvalue weighted by atomic mass is 10.1. The number of nitrogens with one attached hydrogen (secondary N) is 1. The lowest BCUT2D eigenvalue weighted by Gasteiger charge is -2.21. The Labute approximate surface area is 117 Å². The third-order valence-corrected chi connectivity index (χ3v) is 3.29. The number of carboxylic acid groups (broad SMARTS) is 1. The van der Waals surface area contributed by atoms with E-state index in [1.54, 1.807) is 30.0 Å². The molecule has 1 fully saturated rings. The molecule has 0 heterocycles. The number of carbonyl (C=O) groups excluding carboxylic acids is 1. The standard InChI is InChI=1S/C15H18N2O3/c1-3-8-17(12-5-6-12)15(20)16-13-7-4-11(14(18)19)9-10(13)2/h3-4,7,9,12H,1,5-6,8H2,2H3,(H,16,20)(H,18,19). The highest BCUT2D eigenvalue weighted by atomic mass is 16.4. The first kappa shape index (κ1) is 14.1. The highest BCUT2D eigenvalue weighted by Crippen LogP contribution is 2.27. The van der Waals surface area contributed by atoms with E-state index in [9.17, 15) is 9.59 Å². The van der Waals surface area contributed by atoms with Crippen LogP contribution in [0.15, 0.2) is 30.9 Å². The Balaban J connectivity index is 2.10. The molecule has 2 rings (SSSR count). The van der Waals surface area contributed by atoms with Crippen LogP contribution in [0.4, 0.5) is 10.5 Å². The molecule has 0 atom stereocenters. The third kappa shape index (κ3) is 3.17. The number of hydrogen-bond acceptors (Lipinski definition) is 2. The lowest BCUT2D eigenvalue weighted by molar-refractivity contribution is 0.0697. The minimum atomic E-state index is -0.975. The second-order valence-corrected chi connectivity index (χ2v) is 4.94. The van der Waals surface area contributed by atoms with Gasteiger partial charge in [0.05, 0.1) is 5.56 Å². The van der Waals surface area contributed by atoms with Gasteiger partial charge >= 0.3 is 12.0 Å². The van der Waals surface area contributed by atoms with Crippen molar-refractivity contribution in [3.05, 3.63) is 42.0 Å². The molecule has 0 bridgehead atoms. The van der Waals surface area contributed by atoms with Gasteiger partial charge in [0.2, 0.25) is 0 Å². The van der Waals surface area contributed by atoms with E-state index in [4.69, 9.17) is 5.11 Å². The smallest absolute Gasteiger partial charge is 0.335 e. The Morgan fingerprint density at radius 1 is 1.50 bits per heavy atom. The molecule has 5 nitrogen and oxygen atoms in total. The van der Waals surface area contributed by atoms with Crippen LogP contribution in [0.25, 0.3) is 0 Å². The van der Waals surface area contributed by atoms with Crippen molar-refractivity contribution < 1.29 is 14.7 Å². The van der Waals surface area contributed by atoms with Crippen molar-refractivity contribution in [2.24, 2.45) is 0 Å². The zero-order valence-electron chi connectivity index (χ0n) is 11.4. The molecule has 20 heavy (non-hydrogen) atoms. The van der Waals surface area contributed by atoms with Gasteiger partial charge in [-0.1, -0.05) is 6.08 Å². The van der Waals surface area contributed by atoms with Crippen LogP contribution in [-0.2, 0) is 0 Å². The van der Waals surface area contributed by atoms with E-state index in [1.165, 1.54) is 6.07 Å². The number of rotatable bonds is 5. The Hall–Kier alpha value is -2.30. The zero-order valence-corrected chi connectivity index (χ0v) is 11.4. The summed E-state index contributed by atoms with van der Waals surface area (Å²) >= 11 is 0. The van der Waals surface area contributed by atoms with Gasteiger partial charge in [0.15, 0.2) is 0 Å². The summed E-state index contributed by atoms with van der Waals surface area (Å²) in [6, 6.07) is 4.79. The van der Waals surface area contributed by atoms with Crippen molar-refractivity contribution in [3.63, 3.8) is 0 Å². The van der Waals surface area contributed by atoms with Crippen molar-refractivity contribution in [1.82, 2.24) is 4.90 Å². The number of nitrogens with zero attached hydrogens (tertiary/aromatic N) is 1. The summed E-state index contributed by atoms with van der Waals surface area (Å²) in [7, 11) is 0. The van der Waals surface area contributed by atoms with Gasteiger partial charge in [0, 0.05) is 18.3 Å². The molecule has 0 aliphatic heterocycles. The van der Waals surface area contributed by atoms with E-state index in [1.807, 2.05) is 0 Å². The van der Waals surface area contributed by atoms with Gasteiger partial charge in [0.1, 0.15) is 0 Å². The van der Waals surface area contributed by atoms with E-state index >= 15 is 0 Å². The van der Waals surface area contributed by atoms with Crippen LogP contribution >= 0.6 is 0 Å². The number of anilines is 1. The van der Waals surface area contributed by atoms with Crippen molar-refractivity contribution in [1.29, 1.82) is 0 Å². The quantitative estimate of drug-likeness (QED) is 0.811. The summed E-state index contributed by atoms with van der Waals surface area (Å²) in [5.74, 6) is -0.975. The molecule has 1 aliphatic carbocycles. The number of benzene rings is 1. The molecule has 2 amide bonds. The second kappa shape index (κ2) is 5.77. The molecule has 106 valence electrons. The fraction of sp³-hybridized carbons (Fsp3) is 0.333. The Morgan fingerprint density at radius 3 is 2.70 bits per heavy atom. The van der Waals surface area contributed by atoms with Crippen molar-refractivity contribution >= 4 is 17.7 Å². The number of carboxylic acids is 1. The highest BCUT2D eigenvalue weighted by Gasteiger charge is 2.31. The molecule has 1 aliphatic rings. The Bertz CT molecular complexity index is 550. The average molecular weight is 274 g/mol. The number of urea groups is 1. The van der Waals surface area contributed by atoms with Gasteiger partial charge in [-0.25, -0.2) is 9.59 Å². The van der Waals surface area contributed by atoms with Crippen molar-refractivity contribution in [3.8, 4) is 0 Å². The maximum absolute atomic E-state index is 12.2. The molecule has 0 aromatic heterocycles. The largest absolute Gasteiger partial charge is 0.478 e. The normalized spacial score (nSPS) is 13.7. The van der Waals surface area contributed by atoms with Crippen molar-refractivity contribution in [2.45, 2.75) is 25.8 Å². The van der Waals surface area contributed by atoms with Crippen LogP contribution in [0.2, 0.25) is 0 Å². The van der Waals surface area contributed by atoms with Crippen LogP contribution in [0.3, 0.4) is 0 Å². The minimum absolute atomic E-state index is 0.168. The van der Waals surface area contributed by atoms with Gasteiger partial charge in [0.25, 0.3) is 0 Å². The predicted molar refractivity (Wildman–Crippen MR) is 77.1 cm³/mol. The molecule has 0 saturated heterocycles. The van der Waals surface area contributed by atoms with Crippen molar-refractivity contribution in [2.75, 3.05) is 11.9 Å². The molecule has 1 saturated carbocycles. The summed E-state index contributed by atoms with van der Waals surface area (Å²) < 4.78 is 0. The number of amides is 2. The van der Waals surface area contributed by atoms with Gasteiger partial charge in [-0.05, 0) is 43.5 Å². The molecule has 1 aromatic rings. The molecular weight excluding hydrogens is 256 g/mol. The van der Waals surface area contributed by atoms with Crippen LogP contribution in [0, 0.1) is 6.92 Å². The van der Waals surface area contributed by atoms with E-state index in [0.29, 0.717) is 18.3 Å². The minimum Gasteiger partial charge on any atom is -0.478 e. The molecule has 0 radical (unpaired) electrons. The van der Waals surface area contributed by atoms with E-state index in [0.717, 1.165) is 18.4 Å². The molecule has 1 aromatic carbocycles. The summed E-state index contributed by atoms with van der Waals surface area (Å²) in [6.45, 7) is 5.95. The maximum atomic E-state index is 12.2. The Morgan fingerprint density at radius 2 is 2.20 bits per heavy atom. The molecular formula is C15H18N2O3. The third-order valence-electron chi connectivity index (χ3n) is 3.29. The predicted octanol–water partition coefficient (Wildman–Crippen LogP) is 2.88. The first-order chi connectivity index (χ1) is 9.52. The van der Waals surface area contributed by atoms with Crippen LogP contribution < -0.4 is 5.32 Å². The summed E-state index contributed by atoms with van der Waals surface area (Å²) in [6.07, 6.45) is 3.76. The fourth-order valence-corrected chi connectivity index (χ4v) is 2.05. The van der Waals surface area contributed by atoms with Gasteiger partial charge in [-0.2, -0.15) is 0 Å². The van der Waals surface area contributed by atoms with E-state index in [2.05, 4.69) is 11.9 Å². The first-order valence-corrected chi connectivity index (χ1v) is 6.55. The highest BCUT2D eigenvalue weighted by molar-refractivity contribution is 5.93. The number of hydrogen-bond donors (Lipinski definition) is 2. The summed E-state index contributed by atoms with van der Waals surface area (Å²) in [5, 5.41) is 11.7. The zero-order chi connectivity index (χ0) is 14.7. The first-order valence-electron chi connectivity index (χ1n) is 6.55. The van der Waals surface area contributed by atoms with E-state index in [-0.39, 0.29) is 11.6 Å². The van der Waals surface area contributed by atoms with E-state index < -0.39 is 5.97 Å². The molecule has 5 heteroatoms. The second-order valence-electron chi connectivity index (χ2n) is 4.94. The Kier molecular flexibility index (Phi) is 4.08. The average Bonchev–Trinajstić information content (AvgIpc) is 3.22. The van der Waals surface area contributed by atoms with Crippen LogP contribution in [-0.4, -0.2) is 34.6 Å². The fourth-order valence-electron chi connectivity index (χ4n) is 2.05. The molecule has 0 spiro atoms. The van der Waals surface area contributed by atoms with Crippen LogP contribution in [0.5, 0.6) is 0 Å². The molecule has 2 N–H and O–H groups in total.